The second-order valence-electron chi connectivity index (χ2n) is 8.10. The van der Waals surface area contributed by atoms with Gasteiger partial charge in [0.1, 0.15) is 16.9 Å². The molecular formula is C25H23NO7. The minimum Gasteiger partial charge on any atom is -0.508 e. The van der Waals surface area contributed by atoms with Crippen LogP contribution in [0.3, 0.4) is 0 Å². The van der Waals surface area contributed by atoms with E-state index in [0.717, 1.165) is 21.9 Å². The van der Waals surface area contributed by atoms with Crippen molar-refractivity contribution < 1.29 is 28.6 Å². The molecular weight excluding hydrogens is 426 g/mol. The number of phenols is 1. The Bertz CT molecular complexity index is 1440. The van der Waals surface area contributed by atoms with Crippen LogP contribution in [0.4, 0.5) is 0 Å². The van der Waals surface area contributed by atoms with Gasteiger partial charge in [-0.05, 0) is 62.1 Å². The molecule has 8 heteroatoms. The summed E-state index contributed by atoms with van der Waals surface area (Å²) in [5.41, 5.74) is 3.70. The lowest BCUT2D eigenvalue weighted by Gasteiger charge is -2.15. The van der Waals surface area contributed by atoms with E-state index in [-0.39, 0.29) is 18.6 Å². The van der Waals surface area contributed by atoms with E-state index in [4.69, 9.17) is 8.83 Å². The Morgan fingerprint density at radius 2 is 1.73 bits per heavy atom. The van der Waals surface area contributed by atoms with Crippen LogP contribution in [-0.4, -0.2) is 22.1 Å². The fourth-order valence-electron chi connectivity index (χ4n) is 4.03. The van der Waals surface area contributed by atoms with Crippen LogP contribution < -0.4 is 10.9 Å². The fraction of sp³-hybridized carbons (Fsp3) is 0.240. The van der Waals surface area contributed by atoms with E-state index in [1.807, 2.05) is 26.8 Å². The second-order valence-corrected chi connectivity index (χ2v) is 8.10. The number of carbonyl (C=O) groups is 2. The van der Waals surface area contributed by atoms with Gasteiger partial charge in [0, 0.05) is 28.3 Å². The van der Waals surface area contributed by atoms with Crippen molar-refractivity contribution in [3.63, 3.8) is 0 Å². The van der Waals surface area contributed by atoms with E-state index >= 15 is 0 Å². The smallest absolute Gasteiger partial charge is 0.339 e. The SMILES string of the molecule is Cc1coc2c(C)c3oc(=O)c(CCC(=O)NC(C(=O)O)c4ccc(O)cc4)c(C)c3cc12. The van der Waals surface area contributed by atoms with Gasteiger partial charge in [0.2, 0.25) is 5.91 Å². The Morgan fingerprint density at radius 3 is 2.39 bits per heavy atom. The second kappa shape index (κ2) is 8.46. The molecule has 2 heterocycles. The molecule has 0 fully saturated rings. The molecule has 1 atom stereocenters. The first-order chi connectivity index (χ1) is 15.7. The molecule has 2 aromatic heterocycles. The maximum atomic E-state index is 12.7. The van der Waals surface area contributed by atoms with Gasteiger partial charge in [-0.15, -0.1) is 0 Å². The Balaban J connectivity index is 1.59. The number of fused-ring (bicyclic) bond motifs is 2. The van der Waals surface area contributed by atoms with Gasteiger partial charge in [-0.3, -0.25) is 4.79 Å². The monoisotopic (exact) mass is 449 g/mol. The van der Waals surface area contributed by atoms with Crippen LogP contribution in [0, 0.1) is 20.8 Å². The van der Waals surface area contributed by atoms with E-state index < -0.39 is 23.5 Å². The number of carbonyl (C=O) groups excluding carboxylic acids is 1. The maximum absolute atomic E-state index is 12.7. The van der Waals surface area contributed by atoms with Gasteiger partial charge in [-0.25, -0.2) is 9.59 Å². The number of hydrogen-bond donors (Lipinski definition) is 3. The molecule has 0 radical (unpaired) electrons. The third-order valence-electron chi connectivity index (χ3n) is 5.92. The molecule has 8 nitrogen and oxygen atoms in total. The number of carboxylic acid groups (broad SMARTS) is 1. The van der Waals surface area contributed by atoms with Gasteiger partial charge in [0.15, 0.2) is 6.04 Å². The Morgan fingerprint density at radius 1 is 1.03 bits per heavy atom. The van der Waals surface area contributed by atoms with Crippen LogP contribution in [0.1, 0.15) is 40.3 Å². The van der Waals surface area contributed by atoms with Crippen molar-refractivity contribution in [1.29, 1.82) is 0 Å². The quantitative estimate of drug-likeness (QED) is 0.379. The summed E-state index contributed by atoms with van der Waals surface area (Å²) in [6, 6.07) is 6.20. The number of rotatable bonds is 6. The van der Waals surface area contributed by atoms with E-state index in [0.29, 0.717) is 27.9 Å². The minimum atomic E-state index is -1.27. The molecule has 0 saturated carbocycles. The van der Waals surface area contributed by atoms with Gasteiger partial charge in [-0.2, -0.15) is 0 Å². The van der Waals surface area contributed by atoms with E-state index in [1.165, 1.54) is 24.3 Å². The summed E-state index contributed by atoms with van der Waals surface area (Å²) in [6.45, 7) is 5.58. The Hall–Kier alpha value is -4.07. The fourth-order valence-corrected chi connectivity index (χ4v) is 4.03. The van der Waals surface area contributed by atoms with Crippen molar-refractivity contribution in [3.8, 4) is 5.75 Å². The average Bonchev–Trinajstić information content (AvgIpc) is 3.14. The van der Waals surface area contributed by atoms with Crippen LogP contribution in [0.25, 0.3) is 21.9 Å². The molecule has 2 aromatic carbocycles. The number of carboxylic acids is 1. The molecule has 170 valence electrons. The zero-order valence-corrected chi connectivity index (χ0v) is 18.4. The van der Waals surface area contributed by atoms with Crippen molar-refractivity contribution in [2.45, 2.75) is 39.7 Å². The van der Waals surface area contributed by atoms with Gasteiger partial charge >= 0.3 is 11.6 Å². The standard InChI is InChI=1S/C25H23NO7/c1-12-11-32-22-14(3)23-19(10-18(12)22)13(2)17(25(31)33-23)8-9-20(28)26-21(24(29)30)15-4-6-16(27)7-5-15/h4-7,10-11,21,27H,8-9H2,1-3H3,(H,26,28)(H,29,30). The molecule has 33 heavy (non-hydrogen) atoms. The van der Waals surface area contributed by atoms with Crippen LogP contribution in [0.2, 0.25) is 0 Å². The number of amides is 1. The van der Waals surface area contributed by atoms with Gasteiger partial charge in [-0.1, -0.05) is 12.1 Å². The molecule has 0 bridgehead atoms. The van der Waals surface area contributed by atoms with Gasteiger partial charge in [0.05, 0.1) is 6.26 Å². The normalized spacial score (nSPS) is 12.2. The number of aryl methyl sites for hydroxylation is 3. The highest BCUT2D eigenvalue weighted by Crippen LogP contribution is 2.32. The predicted molar refractivity (Wildman–Crippen MR) is 121 cm³/mol. The highest BCUT2D eigenvalue weighted by atomic mass is 16.4. The molecule has 0 aliphatic heterocycles. The van der Waals surface area contributed by atoms with Gasteiger partial charge < -0.3 is 24.4 Å². The van der Waals surface area contributed by atoms with E-state index in [2.05, 4.69) is 5.32 Å². The summed E-state index contributed by atoms with van der Waals surface area (Å²) >= 11 is 0. The first-order valence-corrected chi connectivity index (χ1v) is 10.4. The molecule has 3 N–H and O–H groups in total. The minimum absolute atomic E-state index is 0.00848. The predicted octanol–water partition coefficient (Wildman–Crippen LogP) is 4.04. The Labute approximate surface area is 188 Å². The zero-order chi connectivity index (χ0) is 23.9. The largest absolute Gasteiger partial charge is 0.508 e. The maximum Gasteiger partial charge on any atom is 0.339 e. The highest BCUT2D eigenvalue weighted by molar-refractivity contribution is 5.99. The van der Waals surface area contributed by atoms with Crippen molar-refractivity contribution in [2.24, 2.45) is 0 Å². The first kappa shape index (κ1) is 22.1. The summed E-state index contributed by atoms with van der Waals surface area (Å²) in [4.78, 5) is 36.9. The third kappa shape index (κ3) is 4.07. The van der Waals surface area contributed by atoms with Crippen LogP contribution in [0.5, 0.6) is 5.75 Å². The number of benzene rings is 2. The van der Waals surface area contributed by atoms with Crippen LogP contribution in [-0.2, 0) is 16.0 Å². The van der Waals surface area contributed by atoms with Crippen LogP contribution in [0.15, 0.2) is 50.2 Å². The van der Waals surface area contributed by atoms with Crippen LogP contribution >= 0.6 is 0 Å². The molecule has 1 unspecified atom stereocenters. The lowest BCUT2D eigenvalue weighted by atomic mass is 9.98. The van der Waals surface area contributed by atoms with Crippen molar-refractivity contribution in [3.05, 3.63) is 74.8 Å². The van der Waals surface area contributed by atoms with Gasteiger partial charge in [0.25, 0.3) is 0 Å². The molecule has 4 rings (SSSR count). The summed E-state index contributed by atoms with van der Waals surface area (Å²) in [5.74, 6) is -1.76. The molecule has 0 saturated heterocycles. The number of phenolic OH excluding ortho intramolecular Hbond substituents is 1. The summed E-state index contributed by atoms with van der Waals surface area (Å²) in [7, 11) is 0. The summed E-state index contributed by atoms with van der Waals surface area (Å²) in [5, 5.41) is 23.1. The number of aromatic hydroxyl groups is 1. The van der Waals surface area contributed by atoms with Crippen molar-refractivity contribution >= 4 is 33.8 Å². The highest BCUT2D eigenvalue weighted by Gasteiger charge is 2.23. The number of aliphatic carboxylic acids is 1. The lowest BCUT2D eigenvalue weighted by molar-refractivity contribution is -0.142. The molecule has 0 spiro atoms. The Kier molecular flexibility index (Phi) is 5.68. The molecule has 0 aliphatic carbocycles. The molecule has 1 amide bonds. The average molecular weight is 449 g/mol. The number of nitrogens with one attached hydrogen (secondary N) is 1. The lowest BCUT2D eigenvalue weighted by Crippen LogP contribution is -2.34. The summed E-state index contributed by atoms with van der Waals surface area (Å²) in [6.07, 6.45) is 1.66. The molecule has 4 aromatic rings. The zero-order valence-electron chi connectivity index (χ0n) is 18.4. The topological polar surface area (TPSA) is 130 Å². The number of hydrogen-bond acceptors (Lipinski definition) is 6. The third-order valence-corrected chi connectivity index (χ3v) is 5.92. The van der Waals surface area contributed by atoms with E-state index in [9.17, 15) is 24.6 Å². The van der Waals surface area contributed by atoms with Crippen molar-refractivity contribution in [2.75, 3.05) is 0 Å². The summed E-state index contributed by atoms with van der Waals surface area (Å²) < 4.78 is 11.2. The molecule has 0 aliphatic rings. The van der Waals surface area contributed by atoms with E-state index in [1.54, 1.807) is 6.26 Å². The number of furan rings is 1. The van der Waals surface area contributed by atoms with Crippen molar-refractivity contribution in [1.82, 2.24) is 5.32 Å². The first-order valence-electron chi connectivity index (χ1n) is 10.4.